The van der Waals surface area contributed by atoms with Crippen molar-refractivity contribution in [3.8, 4) is 11.5 Å². The van der Waals surface area contributed by atoms with E-state index in [9.17, 15) is 0 Å². The van der Waals surface area contributed by atoms with Crippen molar-refractivity contribution in [3.05, 3.63) is 104 Å². The van der Waals surface area contributed by atoms with Crippen molar-refractivity contribution in [1.29, 1.82) is 0 Å². The highest BCUT2D eigenvalue weighted by Crippen LogP contribution is 2.49. The molecule has 8 bridgehead atoms. The first-order valence-electron chi connectivity index (χ1n) is 20.6. The number of halogens is 2. The predicted molar refractivity (Wildman–Crippen MR) is 241 cm³/mol. The summed E-state index contributed by atoms with van der Waals surface area (Å²) >= 11 is 8.37. The molecule has 0 saturated heterocycles. The van der Waals surface area contributed by atoms with E-state index in [0.717, 1.165) is 80.0 Å². The van der Waals surface area contributed by atoms with Crippen LogP contribution >= 0.6 is 31.9 Å². The largest absolute Gasteiger partial charge is 0.493 e. The number of rotatable bonds is 6. The van der Waals surface area contributed by atoms with Gasteiger partial charge in [-0.15, -0.1) is 0 Å². The van der Waals surface area contributed by atoms with Gasteiger partial charge in [0.25, 0.3) is 0 Å². The Balaban J connectivity index is 1.91. The van der Waals surface area contributed by atoms with Gasteiger partial charge >= 0.3 is 0 Å². The molecular weight excluding hydrogens is 824 g/mol. The fraction of sp³-hybridized carbons (Fsp3) is 0.560. The molecule has 0 amide bonds. The maximum absolute atomic E-state index is 15.0. The third-order valence-electron chi connectivity index (χ3n) is 11.6. The number of carbonyl (C=O) groups is 2. The summed E-state index contributed by atoms with van der Waals surface area (Å²) in [5.41, 5.74) is 8.33. The van der Waals surface area contributed by atoms with E-state index in [0.29, 0.717) is 38.9 Å². The van der Waals surface area contributed by atoms with E-state index in [-0.39, 0.29) is 33.2 Å². The number of Topliss-reactive ketones (excluding diaryl/α,β-unsaturated/α-hetero) is 2. The van der Waals surface area contributed by atoms with Crippen LogP contribution in [0, 0.1) is 10.8 Å². The van der Waals surface area contributed by atoms with Crippen molar-refractivity contribution in [2.24, 2.45) is 10.8 Å². The summed E-state index contributed by atoms with van der Waals surface area (Å²) in [7, 11) is 0. The number of fused-ring (bicyclic) bond motifs is 8. The van der Waals surface area contributed by atoms with Crippen molar-refractivity contribution < 1.29 is 19.1 Å². The molecule has 0 spiro atoms. The molecule has 0 radical (unpaired) electrons. The van der Waals surface area contributed by atoms with Gasteiger partial charge in [-0.1, -0.05) is 177 Å². The predicted octanol–water partition coefficient (Wildman–Crippen LogP) is 13.0. The van der Waals surface area contributed by atoms with E-state index in [1.165, 1.54) is 0 Å². The second-order valence-electron chi connectivity index (χ2n) is 20.5. The van der Waals surface area contributed by atoms with Gasteiger partial charge in [-0.2, -0.15) is 0 Å². The highest BCUT2D eigenvalue weighted by atomic mass is 79.9. The Morgan fingerprint density at radius 3 is 0.946 bits per heavy atom. The highest BCUT2D eigenvalue weighted by molar-refractivity contribution is 9.10. The molecule has 0 fully saturated rings. The van der Waals surface area contributed by atoms with Gasteiger partial charge in [-0.3, -0.25) is 9.59 Å². The van der Waals surface area contributed by atoms with Gasteiger partial charge in [0, 0.05) is 48.0 Å². The Morgan fingerprint density at radius 1 is 0.500 bits per heavy atom. The van der Waals surface area contributed by atoms with Crippen LogP contribution in [0.1, 0.15) is 143 Å². The Morgan fingerprint density at radius 2 is 0.750 bits per heavy atom. The summed E-state index contributed by atoms with van der Waals surface area (Å²) in [5, 5.41) is 0. The van der Waals surface area contributed by atoms with Crippen LogP contribution in [-0.2, 0) is 46.1 Å². The molecule has 6 heteroatoms. The van der Waals surface area contributed by atoms with E-state index >= 15 is 9.59 Å². The second-order valence-corrected chi connectivity index (χ2v) is 23.1. The molecule has 0 aromatic heterocycles. The fourth-order valence-electron chi connectivity index (χ4n) is 7.66. The minimum atomic E-state index is -0.570. The molecule has 0 atom stereocenters. The average molecular weight is 891 g/mol. The molecule has 0 aliphatic heterocycles. The molecule has 2 aromatic rings. The quantitative estimate of drug-likeness (QED) is 0.271. The highest BCUT2D eigenvalue weighted by Gasteiger charge is 2.43. The van der Waals surface area contributed by atoms with Crippen LogP contribution in [-0.4, -0.2) is 33.4 Å². The minimum absolute atomic E-state index is 0.0523. The summed E-state index contributed by atoms with van der Waals surface area (Å²) in [5.74, 6) is 1.67. The molecule has 5 rings (SSSR count). The van der Waals surface area contributed by atoms with Crippen LogP contribution in [0.3, 0.4) is 0 Å². The maximum atomic E-state index is 15.0. The molecule has 2 aromatic carbocycles. The fourth-order valence-corrected chi connectivity index (χ4v) is 8.77. The summed E-state index contributed by atoms with van der Waals surface area (Å²) < 4.78 is 12.3. The zero-order valence-electron chi connectivity index (χ0n) is 36.7. The van der Waals surface area contributed by atoms with Gasteiger partial charge < -0.3 is 9.47 Å². The standard InChI is InChI=1S/C50H66Br2O4/c1-15-17-55-43-31-19-35-27-49(51,47(9,10)11)29-37(41(35)53)21-33-25-40(46(6,7)8)26-34(44(33)56-18-16-2)22-38-30-50(52,48(12,13)14)28-36(42(38)54)20-32(43)24-39(23-31)45(3,4)5/h23-30H,15-22H2,1-14H3. The van der Waals surface area contributed by atoms with Crippen molar-refractivity contribution in [1.82, 2.24) is 0 Å². The third-order valence-corrected chi connectivity index (χ3v) is 14.9. The number of hydrogen-bond acceptors (Lipinski definition) is 4. The molecule has 0 saturated carbocycles. The Bertz CT molecular complexity index is 1770. The van der Waals surface area contributed by atoms with Crippen LogP contribution in [0.25, 0.3) is 0 Å². The number of ketones is 2. The number of carbonyl (C=O) groups excluding carboxylic acids is 2. The van der Waals surface area contributed by atoms with E-state index in [2.05, 4.69) is 177 Å². The monoisotopic (exact) mass is 888 g/mol. The smallest absolute Gasteiger partial charge is 0.185 e. The van der Waals surface area contributed by atoms with Crippen LogP contribution in [0.2, 0.25) is 0 Å². The molecule has 3 aliphatic carbocycles. The number of allylic oxidation sites excluding steroid dienone is 8. The van der Waals surface area contributed by atoms with Gasteiger partial charge in [0.2, 0.25) is 0 Å². The summed E-state index contributed by atoms with van der Waals surface area (Å²) in [6.07, 6.45) is 11.9. The summed E-state index contributed by atoms with van der Waals surface area (Å²) in [6, 6.07) is 8.94. The van der Waals surface area contributed by atoms with Gasteiger partial charge in [0.1, 0.15) is 11.5 Å². The van der Waals surface area contributed by atoms with Gasteiger partial charge in [0.05, 0.1) is 21.9 Å². The molecule has 0 N–H and O–H groups in total. The third kappa shape index (κ3) is 9.12. The molecule has 0 heterocycles. The van der Waals surface area contributed by atoms with Crippen molar-refractivity contribution >= 4 is 43.4 Å². The molecule has 56 heavy (non-hydrogen) atoms. The van der Waals surface area contributed by atoms with Crippen molar-refractivity contribution in [2.45, 2.75) is 155 Å². The van der Waals surface area contributed by atoms with E-state index < -0.39 is 8.65 Å². The lowest BCUT2D eigenvalue weighted by Gasteiger charge is -2.39. The maximum Gasteiger partial charge on any atom is 0.185 e. The Hall–Kier alpha value is -2.70. The zero-order chi connectivity index (χ0) is 41.8. The van der Waals surface area contributed by atoms with Crippen LogP contribution < -0.4 is 9.47 Å². The van der Waals surface area contributed by atoms with Crippen molar-refractivity contribution in [2.75, 3.05) is 13.2 Å². The number of benzene rings is 2. The molecular formula is C50H66Br2O4. The van der Waals surface area contributed by atoms with Crippen LogP contribution in [0.4, 0.5) is 0 Å². The lowest BCUT2D eigenvalue weighted by molar-refractivity contribution is -0.113. The average Bonchev–Trinajstić information content (AvgIpc) is 3.05. The molecule has 3 aliphatic rings. The lowest BCUT2D eigenvalue weighted by atomic mass is 9.72. The SMILES string of the molecule is CCCOc1c2cc(C(C)(C)C)cc1CC1=CC(Br)(C(C)(C)C)C=C(Cc3cc(C(C)(C)C)cc(c3OCCC)CC3=CC(Br)(C(C)(C)C)C=C(C2)C3=O)C1=O. The normalized spacial score (nSPS) is 18.8. The first kappa shape index (κ1) is 44.4. The van der Waals surface area contributed by atoms with Gasteiger partial charge in [-0.05, 0) is 67.9 Å². The van der Waals surface area contributed by atoms with Crippen LogP contribution in [0.15, 0.2) is 70.9 Å². The number of hydrogen-bond donors (Lipinski definition) is 0. The molecule has 4 nitrogen and oxygen atoms in total. The first-order chi connectivity index (χ1) is 25.7. The number of alkyl halides is 2. The zero-order valence-corrected chi connectivity index (χ0v) is 39.8. The van der Waals surface area contributed by atoms with E-state index in [1.54, 1.807) is 0 Å². The summed E-state index contributed by atoms with van der Waals surface area (Å²) in [4.78, 5) is 30.0. The Labute approximate surface area is 355 Å². The van der Waals surface area contributed by atoms with E-state index in [4.69, 9.17) is 9.47 Å². The van der Waals surface area contributed by atoms with Crippen LogP contribution in [0.5, 0.6) is 11.5 Å². The van der Waals surface area contributed by atoms with Gasteiger partial charge in [-0.25, -0.2) is 0 Å². The second kappa shape index (κ2) is 15.8. The molecule has 304 valence electrons. The first-order valence-corrected chi connectivity index (χ1v) is 22.2. The van der Waals surface area contributed by atoms with E-state index in [1.807, 2.05) is 0 Å². The van der Waals surface area contributed by atoms with Gasteiger partial charge in [0.15, 0.2) is 11.6 Å². The number of ether oxygens (including phenoxy) is 2. The topological polar surface area (TPSA) is 52.6 Å². The lowest BCUT2D eigenvalue weighted by Crippen LogP contribution is -2.38. The van der Waals surface area contributed by atoms with Crippen molar-refractivity contribution in [3.63, 3.8) is 0 Å². The minimum Gasteiger partial charge on any atom is -0.493 e. The summed E-state index contributed by atoms with van der Waals surface area (Å²) in [6.45, 7) is 31.9. The Kier molecular flexibility index (Phi) is 12.5. The molecule has 0 unspecified atom stereocenters.